The van der Waals surface area contributed by atoms with Gasteiger partial charge in [-0.25, -0.2) is 18.4 Å². The molecule has 0 bridgehead atoms. The minimum atomic E-state index is -4.88. The molecule has 1 fully saturated rings. The smallest absolute Gasteiger partial charge is 0.399 e. The molecule has 3 N–H and O–H groups in total. The van der Waals surface area contributed by atoms with Crippen LogP contribution in [0.25, 0.3) is 0 Å². The maximum atomic E-state index is 13.0. The number of piperazine rings is 1. The highest BCUT2D eigenvalue weighted by molar-refractivity contribution is 7.90. The second-order valence-corrected chi connectivity index (χ2v) is 9.86. The van der Waals surface area contributed by atoms with E-state index in [-0.39, 0.29) is 41.4 Å². The summed E-state index contributed by atoms with van der Waals surface area (Å²) in [6.45, 7) is 2.82. The van der Waals surface area contributed by atoms with Gasteiger partial charge in [0.2, 0.25) is 16.0 Å². The summed E-state index contributed by atoms with van der Waals surface area (Å²) in [6.07, 6.45) is -3.03. The van der Waals surface area contributed by atoms with Gasteiger partial charge in [-0.3, -0.25) is 0 Å². The summed E-state index contributed by atoms with van der Waals surface area (Å²) in [5.74, 6) is 0.144. The van der Waals surface area contributed by atoms with Gasteiger partial charge in [-0.2, -0.15) is 17.5 Å². The fraction of sp³-hybridized carbons (Fsp3) is 0.444. The number of benzene rings is 1. The summed E-state index contributed by atoms with van der Waals surface area (Å²) in [6, 6.07) is 4.06. The topological polar surface area (TPSA) is 113 Å². The van der Waals surface area contributed by atoms with Crippen molar-refractivity contribution in [2.24, 2.45) is 0 Å². The van der Waals surface area contributed by atoms with Crippen LogP contribution in [0.1, 0.15) is 19.4 Å². The van der Waals surface area contributed by atoms with Gasteiger partial charge in [0.15, 0.2) is 5.60 Å². The third-order valence-corrected chi connectivity index (χ3v) is 7.65. The van der Waals surface area contributed by atoms with Crippen molar-refractivity contribution in [3.05, 3.63) is 36.2 Å². The number of nitrogens with two attached hydrogens (primary N) is 1. The first kappa shape index (κ1) is 23.6. The average Bonchev–Trinajstić information content (AvgIpc) is 2.69. The summed E-state index contributed by atoms with van der Waals surface area (Å²) in [5.41, 5.74) is 2.45. The Kier molecular flexibility index (Phi) is 6.17. The van der Waals surface area contributed by atoms with Crippen LogP contribution in [-0.2, 0) is 15.6 Å². The number of thiol groups is 1. The highest BCUT2D eigenvalue weighted by Gasteiger charge is 2.51. The fourth-order valence-electron chi connectivity index (χ4n) is 3.20. The molecule has 1 aliphatic heterocycles. The van der Waals surface area contributed by atoms with Gasteiger partial charge >= 0.3 is 6.18 Å². The second kappa shape index (κ2) is 8.11. The molecule has 8 nitrogen and oxygen atoms in total. The van der Waals surface area contributed by atoms with Crippen LogP contribution in [0.15, 0.2) is 40.4 Å². The Morgan fingerprint density at radius 3 is 2.39 bits per heavy atom. The quantitative estimate of drug-likeness (QED) is 0.456. The highest BCUT2D eigenvalue weighted by atomic mass is 32.2. The maximum Gasteiger partial charge on any atom is 0.421 e. The summed E-state index contributed by atoms with van der Waals surface area (Å²) >= 11 is 4.22. The number of nitrogen functional groups attached to an aromatic ring is 1. The molecule has 1 aliphatic rings. The van der Waals surface area contributed by atoms with E-state index in [1.54, 1.807) is 17.9 Å². The molecule has 13 heteroatoms. The SMILES string of the molecule is C[C@H]1CN(S(=O)(=O)c2cc(N)ccc2S)CCN1c1ncc(C(C)(O)C(F)(F)F)cn1. The molecule has 0 saturated carbocycles. The molecule has 31 heavy (non-hydrogen) atoms. The Bertz CT molecular complexity index is 1060. The van der Waals surface area contributed by atoms with Crippen molar-refractivity contribution in [2.75, 3.05) is 30.3 Å². The zero-order valence-corrected chi connectivity index (χ0v) is 18.4. The molecular weight excluding hydrogens is 455 g/mol. The van der Waals surface area contributed by atoms with E-state index in [9.17, 15) is 26.7 Å². The van der Waals surface area contributed by atoms with Crippen molar-refractivity contribution in [1.29, 1.82) is 0 Å². The maximum absolute atomic E-state index is 13.0. The summed E-state index contributed by atoms with van der Waals surface area (Å²) < 4.78 is 66.3. The lowest BCUT2D eigenvalue weighted by Crippen LogP contribution is -2.54. The van der Waals surface area contributed by atoms with E-state index in [0.29, 0.717) is 12.6 Å². The Hall–Kier alpha value is -2.09. The second-order valence-electron chi connectivity index (χ2n) is 7.47. The third-order valence-electron chi connectivity index (χ3n) is 5.20. The normalized spacial score (nSPS) is 20.5. The first-order valence-corrected chi connectivity index (χ1v) is 11.1. The molecule has 170 valence electrons. The predicted octanol–water partition coefficient (Wildman–Crippen LogP) is 2.02. The van der Waals surface area contributed by atoms with Crippen molar-refractivity contribution in [2.45, 2.75) is 41.5 Å². The number of nitrogens with zero attached hydrogens (tertiary/aromatic N) is 4. The third kappa shape index (κ3) is 4.45. The molecule has 1 aromatic heterocycles. The number of alkyl halides is 3. The average molecular weight is 478 g/mol. The summed E-state index contributed by atoms with van der Waals surface area (Å²) in [4.78, 5) is 9.90. The monoisotopic (exact) mass is 477 g/mol. The number of hydrogen-bond donors (Lipinski definition) is 3. The van der Waals surface area contributed by atoms with E-state index < -0.39 is 27.4 Å². The van der Waals surface area contributed by atoms with E-state index in [1.165, 1.54) is 16.4 Å². The van der Waals surface area contributed by atoms with Crippen LogP contribution >= 0.6 is 12.6 Å². The van der Waals surface area contributed by atoms with Crippen LogP contribution in [0.5, 0.6) is 0 Å². The van der Waals surface area contributed by atoms with E-state index in [0.717, 1.165) is 12.4 Å². The van der Waals surface area contributed by atoms with Crippen LogP contribution in [-0.4, -0.2) is 59.6 Å². The zero-order valence-electron chi connectivity index (χ0n) is 16.7. The molecule has 0 radical (unpaired) electrons. The van der Waals surface area contributed by atoms with Crippen LogP contribution < -0.4 is 10.6 Å². The van der Waals surface area contributed by atoms with Crippen molar-refractivity contribution >= 4 is 34.3 Å². The number of sulfonamides is 1. The van der Waals surface area contributed by atoms with E-state index in [2.05, 4.69) is 22.6 Å². The molecule has 1 unspecified atom stereocenters. The molecular formula is C18H22F3N5O3S2. The van der Waals surface area contributed by atoms with Crippen LogP contribution in [0.2, 0.25) is 0 Å². The van der Waals surface area contributed by atoms with Crippen molar-refractivity contribution in [1.82, 2.24) is 14.3 Å². The largest absolute Gasteiger partial charge is 0.421 e. The summed E-state index contributed by atoms with van der Waals surface area (Å²) in [7, 11) is -3.84. The lowest BCUT2D eigenvalue weighted by molar-refractivity contribution is -0.259. The number of rotatable bonds is 4. The molecule has 0 amide bonds. The number of aromatic nitrogens is 2. The Labute approximate surface area is 183 Å². The molecule has 1 aromatic carbocycles. The highest BCUT2D eigenvalue weighted by Crippen LogP contribution is 2.38. The first-order chi connectivity index (χ1) is 14.2. The van der Waals surface area contributed by atoms with Gasteiger partial charge in [0, 0.05) is 54.2 Å². The van der Waals surface area contributed by atoms with Gasteiger partial charge in [0.25, 0.3) is 0 Å². The molecule has 2 heterocycles. The number of anilines is 2. The Balaban J connectivity index is 1.78. The van der Waals surface area contributed by atoms with Gasteiger partial charge in [-0.15, -0.1) is 12.6 Å². The predicted molar refractivity (Wildman–Crippen MR) is 111 cm³/mol. The standard InChI is InChI=1S/C18H22F3N5O3S2/c1-11-10-25(31(28,29)15-7-13(22)3-4-14(15)30)5-6-26(11)16-23-8-12(9-24-16)17(2,27)18(19,20)21/h3-4,7-9,11,27,30H,5-6,10,22H2,1-2H3/t11-,17?/m0/s1. The number of hydrogen-bond acceptors (Lipinski definition) is 8. The van der Waals surface area contributed by atoms with Crippen molar-refractivity contribution in [3.8, 4) is 0 Å². The molecule has 3 rings (SSSR count). The summed E-state index contributed by atoms with van der Waals surface area (Å²) in [5, 5.41) is 9.74. The van der Waals surface area contributed by atoms with E-state index in [4.69, 9.17) is 5.73 Å². The van der Waals surface area contributed by atoms with Gasteiger partial charge in [0.1, 0.15) is 0 Å². The molecule has 2 aromatic rings. The number of halogens is 3. The lowest BCUT2D eigenvalue weighted by Gasteiger charge is -2.39. The van der Waals surface area contributed by atoms with Gasteiger partial charge in [-0.05, 0) is 32.0 Å². The molecule has 0 aliphatic carbocycles. The van der Waals surface area contributed by atoms with Crippen LogP contribution in [0.3, 0.4) is 0 Å². The van der Waals surface area contributed by atoms with Crippen molar-refractivity contribution in [3.63, 3.8) is 0 Å². The molecule has 1 saturated heterocycles. The van der Waals surface area contributed by atoms with Crippen molar-refractivity contribution < 1.29 is 26.7 Å². The van der Waals surface area contributed by atoms with Crippen LogP contribution in [0.4, 0.5) is 24.8 Å². The minimum Gasteiger partial charge on any atom is -0.399 e. The van der Waals surface area contributed by atoms with Gasteiger partial charge in [0.05, 0.1) is 4.90 Å². The lowest BCUT2D eigenvalue weighted by atomic mass is 9.99. The Morgan fingerprint density at radius 2 is 1.84 bits per heavy atom. The molecule has 2 atom stereocenters. The van der Waals surface area contributed by atoms with Gasteiger partial charge in [-0.1, -0.05) is 0 Å². The minimum absolute atomic E-state index is 0.00599. The van der Waals surface area contributed by atoms with E-state index in [1.807, 2.05) is 0 Å². The first-order valence-electron chi connectivity index (χ1n) is 9.22. The van der Waals surface area contributed by atoms with Crippen LogP contribution in [0, 0.1) is 0 Å². The van der Waals surface area contributed by atoms with E-state index >= 15 is 0 Å². The fourth-order valence-corrected chi connectivity index (χ4v) is 5.32. The zero-order chi connectivity index (χ0) is 23.2. The molecule has 0 spiro atoms. The Morgan fingerprint density at radius 1 is 1.23 bits per heavy atom. The van der Waals surface area contributed by atoms with Gasteiger partial charge < -0.3 is 15.7 Å². The number of aliphatic hydroxyl groups is 1.